The minimum absolute atomic E-state index is 0.309. The highest BCUT2D eigenvalue weighted by Crippen LogP contribution is 2.35. The minimum atomic E-state index is 0.309. The fraction of sp³-hybridized carbons (Fsp3) is 0.647. The average molecular weight is 276 g/mol. The largest absolute Gasteiger partial charge is 0.380 e. The van der Waals surface area contributed by atoms with E-state index in [0.717, 1.165) is 0 Å². The van der Waals surface area contributed by atoms with E-state index in [4.69, 9.17) is 10.5 Å². The van der Waals surface area contributed by atoms with Crippen molar-refractivity contribution in [2.45, 2.75) is 57.8 Å². The molecule has 0 spiro atoms. The highest BCUT2D eigenvalue weighted by atomic mass is 16.5. The maximum atomic E-state index is 6.15. The molecule has 1 aliphatic heterocycles. The van der Waals surface area contributed by atoms with E-state index in [1.54, 1.807) is 7.11 Å². The summed E-state index contributed by atoms with van der Waals surface area (Å²) in [7, 11) is 1.75. The van der Waals surface area contributed by atoms with Gasteiger partial charge in [0.2, 0.25) is 0 Å². The molecule has 3 heteroatoms. The molecule has 3 nitrogen and oxygen atoms in total. The Morgan fingerprint density at radius 1 is 1.35 bits per heavy atom. The van der Waals surface area contributed by atoms with Gasteiger partial charge in [-0.25, -0.2) is 0 Å². The van der Waals surface area contributed by atoms with Gasteiger partial charge in [-0.2, -0.15) is 0 Å². The van der Waals surface area contributed by atoms with E-state index in [2.05, 4.69) is 43.0 Å². The lowest BCUT2D eigenvalue weighted by Gasteiger charge is -2.36. The van der Waals surface area contributed by atoms with Crippen molar-refractivity contribution in [1.29, 1.82) is 0 Å². The Balaban J connectivity index is 2.32. The van der Waals surface area contributed by atoms with Gasteiger partial charge in [-0.1, -0.05) is 31.2 Å². The van der Waals surface area contributed by atoms with Gasteiger partial charge >= 0.3 is 0 Å². The van der Waals surface area contributed by atoms with Crippen molar-refractivity contribution in [3.63, 3.8) is 0 Å². The van der Waals surface area contributed by atoms with Crippen molar-refractivity contribution in [2.24, 2.45) is 5.73 Å². The maximum absolute atomic E-state index is 6.15. The molecule has 3 unspecified atom stereocenters. The zero-order valence-electron chi connectivity index (χ0n) is 13.0. The summed E-state index contributed by atoms with van der Waals surface area (Å²) < 4.78 is 5.35. The zero-order valence-corrected chi connectivity index (χ0v) is 13.0. The summed E-state index contributed by atoms with van der Waals surface area (Å²) in [6.07, 6.45) is 3.77. The van der Waals surface area contributed by atoms with Gasteiger partial charge in [-0.05, 0) is 37.3 Å². The van der Waals surface area contributed by atoms with Crippen LogP contribution in [0.3, 0.4) is 0 Å². The van der Waals surface area contributed by atoms with Crippen molar-refractivity contribution in [1.82, 2.24) is 4.90 Å². The fourth-order valence-corrected chi connectivity index (χ4v) is 3.62. The first kappa shape index (κ1) is 15.5. The van der Waals surface area contributed by atoms with Crippen LogP contribution in [0.2, 0.25) is 0 Å². The predicted molar refractivity (Wildman–Crippen MR) is 83.6 cm³/mol. The molecule has 2 rings (SSSR count). The molecule has 0 aromatic heterocycles. The molecule has 20 heavy (non-hydrogen) atoms. The number of nitrogens with two attached hydrogens (primary N) is 1. The van der Waals surface area contributed by atoms with E-state index in [0.29, 0.717) is 31.3 Å². The number of rotatable bonds is 6. The summed E-state index contributed by atoms with van der Waals surface area (Å²) in [5.74, 6) is 0. The van der Waals surface area contributed by atoms with E-state index in [9.17, 15) is 0 Å². The molecule has 0 amide bonds. The van der Waals surface area contributed by atoms with Crippen LogP contribution in [0.15, 0.2) is 24.3 Å². The van der Waals surface area contributed by atoms with Crippen LogP contribution < -0.4 is 5.73 Å². The van der Waals surface area contributed by atoms with Gasteiger partial charge in [-0.15, -0.1) is 0 Å². The van der Waals surface area contributed by atoms with E-state index >= 15 is 0 Å². The smallest absolute Gasteiger partial charge is 0.0716 e. The molecule has 1 aliphatic rings. The Morgan fingerprint density at radius 2 is 2.10 bits per heavy atom. The van der Waals surface area contributed by atoms with Gasteiger partial charge in [0.1, 0.15) is 0 Å². The third-order valence-electron chi connectivity index (χ3n) is 4.62. The van der Waals surface area contributed by atoms with Gasteiger partial charge in [0, 0.05) is 31.8 Å². The average Bonchev–Trinajstić information content (AvgIpc) is 2.83. The van der Waals surface area contributed by atoms with Crippen LogP contribution in [0.4, 0.5) is 0 Å². The second-order valence-corrected chi connectivity index (χ2v) is 5.82. The van der Waals surface area contributed by atoms with E-state index < -0.39 is 0 Å². The molecule has 1 fully saturated rings. The van der Waals surface area contributed by atoms with E-state index in [1.807, 2.05) is 0 Å². The molecule has 0 bridgehead atoms. The van der Waals surface area contributed by atoms with Crippen LogP contribution in [-0.4, -0.2) is 30.6 Å². The van der Waals surface area contributed by atoms with Crippen LogP contribution in [0.1, 0.15) is 50.3 Å². The molecule has 1 aromatic carbocycles. The van der Waals surface area contributed by atoms with Crippen LogP contribution in [0.25, 0.3) is 0 Å². The topological polar surface area (TPSA) is 38.5 Å². The van der Waals surface area contributed by atoms with Gasteiger partial charge in [0.05, 0.1) is 6.61 Å². The van der Waals surface area contributed by atoms with E-state index in [-0.39, 0.29) is 0 Å². The molecule has 0 aliphatic carbocycles. The number of nitrogens with zero attached hydrogens (tertiary/aromatic N) is 1. The first-order chi connectivity index (χ1) is 9.72. The SMILES string of the molecule is CCC1CCC(C)N1C(CN)c1ccccc1COC. The zero-order chi connectivity index (χ0) is 14.5. The molecule has 1 aromatic rings. The molecule has 1 saturated heterocycles. The maximum Gasteiger partial charge on any atom is 0.0716 e. The number of hydrogen-bond acceptors (Lipinski definition) is 3. The second kappa shape index (κ2) is 7.21. The highest BCUT2D eigenvalue weighted by Gasteiger charge is 2.35. The van der Waals surface area contributed by atoms with Crippen LogP contribution in [0, 0.1) is 0 Å². The minimum Gasteiger partial charge on any atom is -0.380 e. The molecule has 0 saturated carbocycles. The van der Waals surface area contributed by atoms with Crippen LogP contribution in [0.5, 0.6) is 0 Å². The summed E-state index contributed by atoms with van der Waals surface area (Å²) in [5.41, 5.74) is 8.75. The van der Waals surface area contributed by atoms with Crippen molar-refractivity contribution >= 4 is 0 Å². The quantitative estimate of drug-likeness (QED) is 0.867. The second-order valence-electron chi connectivity index (χ2n) is 5.82. The van der Waals surface area contributed by atoms with Crippen molar-refractivity contribution in [2.75, 3.05) is 13.7 Å². The lowest BCUT2D eigenvalue weighted by molar-refractivity contribution is 0.132. The molecule has 3 atom stereocenters. The summed E-state index contributed by atoms with van der Waals surface area (Å²) in [6.45, 7) is 5.94. The Labute approximate surface area is 123 Å². The summed E-state index contributed by atoms with van der Waals surface area (Å²) in [5, 5.41) is 0. The Bertz CT molecular complexity index is 421. The van der Waals surface area contributed by atoms with E-state index in [1.165, 1.54) is 30.4 Å². The molecular formula is C17H28N2O. The lowest BCUT2D eigenvalue weighted by Crippen LogP contribution is -2.41. The molecule has 112 valence electrons. The van der Waals surface area contributed by atoms with Crippen molar-refractivity contribution in [3.05, 3.63) is 35.4 Å². The molecule has 2 N–H and O–H groups in total. The van der Waals surface area contributed by atoms with Gasteiger partial charge in [0.25, 0.3) is 0 Å². The predicted octanol–water partition coefficient (Wildman–Crippen LogP) is 3.10. The first-order valence-corrected chi connectivity index (χ1v) is 7.77. The summed E-state index contributed by atoms with van der Waals surface area (Å²) in [4.78, 5) is 2.63. The Hall–Kier alpha value is -0.900. The van der Waals surface area contributed by atoms with Gasteiger partial charge < -0.3 is 10.5 Å². The summed E-state index contributed by atoms with van der Waals surface area (Å²) in [6, 6.07) is 10.1. The monoisotopic (exact) mass is 276 g/mol. The van der Waals surface area contributed by atoms with Crippen LogP contribution >= 0.6 is 0 Å². The number of methoxy groups -OCH3 is 1. The van der Waals surface area contributed by atoms with Crippen LogP contribution in [-0.2, 0) is 11.3 Å². The van der Waals surface area contributed by atoms with Gasteiger partial charge in [-0.3, -0.25) is 4.90 Å². The number of benzene rings is 1. The third-order valence-corrected chi connectivity index (χ3v) is 4.62. The normalized spacial score (nSPS) is 25.0. The third kappa shape index (κ3) is 3.05. The van der Waals surface area contributed by atoms with Crippen molar-refractivity contribution < 1.29 is 4.74 Å². The molecule has 0 radical (unpaired) electrons. The molecule has 1 heterocycles. The fourth-order valence-electron chi connectivity index (χ4n) is 3.62. The summed E-state index contributed by atoms with van der Waals surface area (Å²) >= 11 is 0. The van der Waals surface area contributed by atoms with Crippen molar-refractivity contribution in [3.8, 4) is 0 Å². The standard InChI is InChI=1S/C17H28N2O/c1-4-15-10-9-13(2)19(15)17(11-18)16-8-6-5-7-14(16)12-20-3/h5-8,13,15,17H,4,9-12,18H2,1-3H3. The molecular weight excluding hydrogens is 248 g/mol. The lowest BCUT2D eigenvalue weighted by atomic mass is 9.97. The Kier molecular flexibility index (Phi) is 5.58. The Morgan fingerprint density at radius 3 is 2.75 bits per heavy atom. The number of hydrogen-bond donors (Lipinski definition) is 1. The first-order valence-electron chi connectivity index (χ1n) is 7.77. The highest BCUT2D eigenvalue weighted by molar-refractivity contribution is 5.30. The van der Waals surface area contributed by atoms with Gasteiger partial charge in [0.15, 0.2) is 0 Å². The number of ether oxygens (including phenoxy) is 1. The number of likely N-dealkylation sites (tertiary alicyclic amines) is 1.